The van der Waals surface area contributed by atoms with Crippen molar-refractivity contribution in [3.05, 3.63) is 118 Å². The Balaban J connectivity index is 1.66. The molecule has 0 aromatic heterocycles. The molecule has 0 saturated heterocycles. The van der Waals surface area contributed by atoms with Gasteiger partial charge in [-0.1, -0.05) is 84.9 Å². The molecule has 0 nitrogen and oxygen atoms in total. The van der Waals surface area contributed by atoms with Gasteiger partial charge in [-0.2, -0.15) is 0 Å². The molecule has 3 aromatic rings. The van der Waals surface area contributed by atoms with Gasteiger partial charge in [-0.3, -0.25) is 0 Å². The topological polar surface area (TPSA) is 0 Å². The highest BCUT2D eigenvalue weighted by Gasteiger charge is 2.69. The van der Waals surface area contributed by atoms with Crippen molar-refractivity contribution in [3.63, 3.8) is 0 Å². The predicted octanol–water partition coefficient (Wildman–Crippen LogP) is 6.10. The van der Waals surface area contributed by atoms with Crippen LogP contribution in [0.1, 0.15) is 63.5 Å². The van der Waals surface area contributed by atoms with Crippen LogP contribution in [0.25, 0.3) is 0 Å². The Bertz CT molecular complexity index is 1080. The highest BCUT2D eigenvalue weighted by Crippen LogP contribution is 2.79. The monoisotopic (exact) mass is 332 g/mol. The van der Waals surface area contributed by atoms with Crippen molar-refractivity contribution in [1.29, 1.82) is 0 Å². The van der Waals surface area contributed by atoms with E-state index >= 15 is 0 Å². The number of hydrogen-bond acceptors (Lipinski definition) is 0. The Morgan fingerprint density at radius 1 is 0.577 bits per heavy atom. The number of benzene rings is 3. The van der Waals surface area contributed by atoms with Gasteiger partial charge in [0.15, 0.2) is 0 Å². The van der Waals surface area contributed by atoms with Gasteiger partial charge in [-0.25, -0.2) is 0 Å². The van der Waals surface area contributed by atoms with Crippen LogP contribution >= 0.6 is 0 Å². The van der Waals surface area contributed by atoms with Crippen LogP contribution in [0, 0.1) is 5.41 Å². The lowest BCUT2D eigenvalue weighted by molar-refractivity contribution is 0.189. The maximum absolute atomic E-state index is 2.54. The Hall–Kier alpha value is -2.60. The van der Waals surface area contributed by atoms with Gasteiger partial charge in [0, 0.05) is 23.2 Å². The zero-order valence-corrected chi connectivity index (χ0v) is 14.6. The Morgan fingerprint density at radius 3 is 1.65 bits per heavy atom. The number of rotatable bonds is 0. The molecule has 124 valence electrons. The summed E-state index contributed by atoms with van der Waals surface area (Å²) in [6.07, 6.45) is 6.18. The first kappa shape index (κ1) is 13.6. The van der Waals surface area contributed by atoms with E-state index in [1.807, 2.05) is 0 Å². The number of allylic oxidation sites excluding steroid dienone is 2. The minimum atomic E-state index is 0.270. The molecule has 5 atom stereocenters. The van der Waals surface area contributed by atoms with E-state index in [9.17, 15) is 0 Å². The van der Waals surface area contributed by atoms with E-state index in [0.717, 1.165) is 0 Å². The minimum absolute atomic E-state index is 0.270. The molecule has 4 aliphatic carbocycles. The van der Waals surface area contributed by atoms with Crippen LogP contribution < -0.4 is 0 Å². The Labute approximate surface area is 154 Å². The molecule has 0 radical (unpaired) electrons. The zero-order valence-electron chi connectivity index (χ0n) is 14.6. The van der Waals surface area contributed by atoms with Gasteiger partial charge >= 0.3 is 0 Å². The summed E-state index contributed by atoms with van der Waals surface area (Å²) in [7, 11) is 0. The molecular weight excluding hydrogens is 312 g/mol. The van der Waals surface area contributed by atoms with Crippen LogP contribution in [0.15, 0.2) is 84.9 Å². The second-order valence-electron chi connectivity index (χ2n) is 8.45. The normalized spacial score (nSPS) is 34.0. The standard InChI is InChI=1S/C26H20/c1-3-10-18-16(8-1)22-14-7-15-23-17-9-2-4-11-19(17)25-21-13-6-5-12-20(21)24(18)26(22,23)25/h1-14,22-25H,15H2/t22-,23?,24-,25-,26?/m1/s1. The van der Waals surface area contributed by atoms with Gasteiger partial charge in [-0.15, -0.1) is 0 Å². The fourth-order valence-electron chi connectivity index (χ4n) is 7.23. The molecule has 26 heavy (non-hydrogen) atoms. The van der Waals surface area contributed by atoms with Gasteiger partial charge in [-0.05, 0) is 45.7 Å². The Kier molecular flexibility index (Phi) is 2.29. The van der Waals surface area contributed by atoms with Crippen LogP contribution in [-0.4, -0.2) is 0 Å². The summed E-state index contributed by atoms with van der Waals surface area (Å²) in [5.74, 6) is 2.23. The van der Waals surface area contributed by atoms with Crippen molar-refractivity contribution >= 4 is 0 Å². The van der Waals surface area contributed by atoms with Crippen molar-refractivity contribution in [2.24, 2.45) is 5.41 Å². The molecule has 0 aliphatic heterocycles. The lowest BCUT2D eigenvalue weighted by atomic mass is 9.58. The maximum Gasteiger partial charge on any atom is 0.0176 e. The summed E-state index contributed by atoms with van der Waals surface area (Å²) >= 11 is 0. The minimum Gasteiger partial charge on any atom is -0.0873 e. The largest absolute Gasteiger partial charge is 0.0873 e. The third kappa shape index (κ3) is 1.25. The molecule has 0 heteroatoms. The zero-order chi connectivity index (χ0) is 16.9. The molecule has 7 rings (SSSR count). The SMILES string of the molecule is C1=C[C@@H]2c3ccccc3[C@@H]3c4ccccc4[C@H]4c5ccccc5C(C1)C432. The molecule has 4 aliphatic rings. The summed E-state index contributed by atoms with van der Waals surface area (Å²) in [6.45, 7) is 0. The van der Waals surface area contributed by atoms with E-state index in [2.05, 4.69) is 84.9 Å². The molecule has 3 aromatic carbocycles. The van der Waals surface area contributed by atoms with Crippen molar-refractivity contribution in [1.82, 2.24) is 0 Å². The summed E-state index contributed by atoms with van der Waals surface area (Å²) in [5, 5.41) is 0. The highest BCUT2D eigenvalue weighted by molar-refractivity contribution is 5.67. The fraction of sp³-hybridized carbons (Fsp3) is 0.231. The van der Waals surface area contributed by atoms with E-state index in [1.54, 1.807) is 33.4 Å². The van der Waals surface area contributed by atoms with E-state index in [4.69, 9.17) is 0 Å². The van der Waals surface area contributed by atoms with E-state index in [1.165, 1.54) is 6.42 Å². The average molecular weight is 332 g/mol. The quantitative estimate of drug-likeness (QED) is 0.436. The molecule has 1 spiro atoms. The van der Waals surface area contributed by atoms with E-state index < -0.39 is 0 Å². The Morgan fingerprint density at radius 2 is 1.04 bits per heavy atom. The van der Waals surface area contributed by atoms with Crippen molar-refractivity contribution in [2.45, 2.75) is 30.1 Å². The molecular formula is C26H20. The van der Waals surface area contributed by atoms with Crippen LogP contribution in [0.2, 0.25) is 0 Å². The van der Waals surface area contributed by atoms with Crippen molar-refractivity contribution in [3.8, 4) is 0 Å². The van der Waals surface area contributed by atoms with Crippen LogP contribution in [-0.2, 0) is 0 Å². The van der Waals surface area contributed by atoms with Crippen LogP contribution in [0.5, 0.6) is 0 Å². The maximum atomic E-state index is 2.54. The smallest absolute Gasteiger partial charge is 0.0176 e. The molecule has 0 N–H and O–H groups in total. The van der Waals surface area contributed by atoms with Gasteiger partial charge in [0.1, 0.15) is 0 Å². The van der Waals surface area contributed by atoms with E-state index in [0.29, 0.717) is 23.7 Å². The first-order valence-corrected chi connectivity index (χ1v) is 9.85. The van der Waals surface area contributed by atoms with Crippen LogP contribution in [0.3, 0.4) is 0 Å². The molecule has 0 saturated carbocycles. The molecule has 0 amide bonds. The summed E-state index contributed by atoms with van der Waals surface area (Å²) in [4.78, 5) is 0. The number of hydrogen-bond donors (Lipinski definition) is 0. The van der Waals surface area contributed by atoms with Gasteiger partial charge < -0.3 is 0 Å². The van der Waals surface area contributed by atoms with Crippen molar-refractivity contribution in [2.75, 3.05) is 0 Å². The van der Waals surface area contributed by atoms with Crippen LogP contribution in [0.4, 0.5) is 0 Å². The molecule has 0 heterocycles. The van der Waals surface area contributed by atoms with E-state index in [-0.39, 0.29) is 5.41 Å². The van der Waals surface area contributed by atoms with Gasteiger partial charge in [0.2, 0.25) is 0 Å². The average Bonchev–Trinajstić information content (AvgIpc) is 3.26. The van der Waals surface area contributed by atoms with Gasteiger partial charge in [0.25, 0.3) is 0 Å². The molecule has 0 fully saturated rings. The second-order valence-corrected chi connectivity index (χ2v) is 8.45. The third-order valence-electron chi connectivity index (χ3n) is 7.79. The second kappa shape index (κ2) is 4.38. The van der Waals surface area contributed by atoms with Crippen molar-refractivity contribution < 1.29 is 0 Å². The number of fused-ring (bicyclic) bond motifs is 9. The summed E-state index contributed by atoms with van der Waals surface area (Å²) in [5.41, 5.74) is 9.80. The summed E-state index contributed by atoms with van der Waals surface area (Å²) < 4.78 is 0. The lowest BCUT2D eigenvalue weighted by Crippen LogP contribution is -2.35. The lowest BCUT2D eigenvalue weighted by Gasteiger charge is -2.44. The fourth-order valence-corrected chi connectivity index (χ4v) is 7.23. The summed E-state index contributed by atoms with van der Waals surface area (Å²) in [6, 6.07) is 27.9. The molecule has 0 bridgehead atoms. The molecule has 2 unspecified atom stereocenters. The third-order valence-corrected chi connectivity index (χ3v) is 7.79. The highest BCUT2D eigenvalue weighted by atomic mass is 14.7. The predicted molar refractivity (Wildman–Crippen MR) is 105 cm³/mol. The van der Waals surface area contributed by atoms with Gasteiger partial charge in [0.05, 0.1) is 0 Å². The first-order chi connectivity index (χ1) is 12.9. The first-order valence-electron chi connectivity index (χ1n) is 9.85.